The summed E-state index contributed by atoms with van der Waals surface area (Å²) in [5.41, 5.74) is 2.55. The minimum absolute atomic E-state index is 0. The van der Waals surface area contributed by atoms with Crippen LogP contribution in [0.2, 0.25) is 0 Å². The van der Waals surface area contributed by atoms with Crippen molar-refractivity contribution in [2.45, 2.75) is 26.2 Å². The highest BCUT2D eigenvalue weighted by atomic mass is 127. The zero-order valence-corrected chi connectivity index (χ0v) is 19.2. The second-order valence-electron chi connectivity index (χ2n) is 7.26. The Labute approximate surface area is 180 Å². The van der Waals surface area contributed by atoms with E-state index in [0.717, 1.165) is 32.7 Å². The van der Waals surface area contributed by atoms with Crippen LogP contribution in [0.1, 0.15) is 30.4 Å². The smallest absolute Gasteiger partial charge is 0.243 e. The van der Waals surface area contributed by atoms with Crippen molar-refractivity contribution in [2.75, 3.05) is 46.9 Å². The molecule has 1 amide bonds. The Morgan fingerprint density at radius 1 is 1.30 bits per heavy atom. The first kappa shape index (κ1) is 23.7. The Morgan fingerprint density at radius 3 is 2.59 bits per heavy atom. The third-order valence-corrected chi connectivity index (χ3v) is 4.68. The van der Waals surface area contributed by atoms with Crippen molar-refractivity contribution in [2.24, 2.45) is 10.9 Å². The van der Waals surface area contributed by atoms with Crippen LogP contribution in [0.5, 0.6) is 0 Å². The van der Waals surface area contributed by atoms with Crippen molar-refractivity contribution in [3.63, 3.8) is 0 Å². The van der Waals surface area contributed by atoms with E-state index >= 15 is 0 Å². The van der Waals surface area contributed by atoms with Gasteiger partial charge in [-0.05, 0) is 24.8 Å². The largest absolute Gasteiger partial charge is 0.381 e. The molecule has 2 unspecified atom stereocenters. The molecule has 2 N–H and O–H groups in total. The summed E-state index contributed by atoms with van der Waals surface area (Å²) in [5.74, 6) is 1.52. The average molecular weight is 488 g/mol. The van der Waals surface area contributed by atoms with Crippen molar-refractivity contribution in [3.05, 3.63) is 35.4 Å². The van der Waals surface area contributed by atoms with Crippen LogP contribution in [0, 0.1) is 12.8 Å². The van der Waals surface area contributed by atoms with Crippen molar-refractivity contribution in [3.8, 4) is 0 Å². The molecule has 6 nitrogen and oxygen atoms in total. The van der Waals surface area contributed by atoms with E-state index in [2.05, 4.69) is 53.7 Å². The molecule has 1 aromatic carbocycles. The zero-order valence-electron chi connectivity index (χ0n) is 16.8. The number of benzene rings is 1. The van der Waals surface area contributed by atoms with E-state index in [1.165, 1.54) is 11.1 Å². The van der Waals surface area contributed by atoms with Gasteiger partial charge in [0, 0.05) is 39.7 Å². The summed E-state index contributed by atoms with van der Waals surface area (Å²) < 4.78 is 5.42. The van der Waals surface area contributed by atoms with Gasteiger partial charge in [-0.1, -0.05) is 36.8 Å². The van der Waals surface area contributed by atoms with Crippen molar-refractivity contribution in [1.82, 2.24) is 15.5 Å². The number of amides is 1. The number of guanidine groups is 1. The number of likely N-dealkylation sites (N-methyl/N-ethyl adjacent to an activating group) is 1. The first-order valence-electron chi connectivity index (χ1n) is 9.32. The van der Waals surface area contributed by atoms with Gasteiger partial charge in [0.05, 0.1) is 6.61 Å². The fourth-order valence-corrected chi connectivity index (χ4v) is 2.71. The number of hydrogen-bond acceptors (Lipinski definition) is 3. The third-order valence-electron chi connectivity index (χ3n) is 4.68. The van der Waals surface area contributed by atoms with Gasteiger partial charge in [-0.3, -0.25) is 4.79 Å². The molecule has 1 heterocycles. The summed E-state index contributed by atoms with van der Waals surface area (Å²) in [7, 11) is 3.49. The molecule has 7 heteroatoms. The molecular formula is C20H33IN4O2. The van der Waals surface area contributed by atoms with Crippen LogP contribution >= 0.6 is 24.0 Å². The van der Waals surface area contributed by atoms with Crippen LogP contribution in [0.15, 0.2) is 29.3 Å². The average Bonchev–Trinajstić information content (AvgIpc) is 3.14. The van der Waals surface area contributed by atoms with Gasteiger partial charge in [-0.15, -0.1) is 24.0 Å². The van der Waals surface area contributed by atoms with E-state index in [9.17, 15) is 4.79 Å². The molecule has 1 aromatic rings. The van der Waals surface area contributed by atoms with Gasteiger partial charge in [0.1, 0.15) is 6.54 Å². The molecule has 0 bridgehead atoms. The fourth-order valence-electron chi connectivity index (χ4n) is 2.71. The molecule has 0 radical (unpaired) electrons. The molecule has 1 fully saturated rings. The van der Waals surface area contributed by atoms with E-state index in [1.807, 2.05) is 0 Å². The Hall–Kier alpha value is -1.35. The van der Waals surface area contributed by atoms with Gasteiger partial charge in [0.15, 0.2) is 5.96 Å². The highest BCUT2D eigenvalue weighted by Crippen LogP contribution is 2.15. The molecule has 1 aliphatic rings. The second-order valence-corrected chi connectivity index (χ2v) is 7.26. The predicted molar refractivity (Wildman–Crippen MR) is 121 cm³/mol. The lowest BCUT2D eigenvalue weighted by Gasteiger charge is -2.18. The Bertz CT molecular complexity index is 599. The number of hydrogen-bond donors (Lipinski definition) is 2. The summed E-state index contributed by atoms with van der Waals surface area (Å²) >= 11 is 0. The predicted octanol–water partition coefficient (Wildman–Crippen LogP) is 2.38. The van der Waals surface area contributed by atoms with Crippen molar-refractivity contribution < 1.29 is 9.53 Å². The number of ether oxygens (including phenoxy) is 1. The molecule has 0 saturated carbocycles. The molecule has 1 saturated heterocycles. The first-order chi connectivity index (χ1) is 12.5. The number of carbonyl (C=O) groups excluding carboxylic acids is 1. The van der Waals surface area contributed by atoms with Gasteiger partial charge < -0.3 is 20.3 Å². The molecule has 0 spiro atoms. The monoisotopic (exact) mass is 488 g/mol. The van der Waals surface area contributed by atoms with Crippen molar-refractivity contribution in [1.29, 1.82) is 0 Å². The number of carbonyl (C=O) groups is 1. The Balaban J connectivity index is 0.00000364. The van der Waals surface area contributed by atoms with E-state index in [-0.39, 0.29) is 36.4 Å². The van der Waals surface area contributed by atoms with Gasteiger partial charge in [-0.2, -0.15) is 0 Å². The van der Waals surface area contributed by atoms with Crippen LogP contribution in [-0.2, 0) is 9.53 Å². The van der Waals surface area contributed by atoms with E-state index < -0.39 is 0 Å². The standard InChI is InChI=1S/C20H32N4O2.HI/c1-15-5-7-18(8-6-15)16(2)11-21-20(23-13-19(25)24(3)4)22-12-17-9-10-26-14-17;/h5-8,16-17H,9-14H2,1-4H3,(H2,21,22,23);1H. The number of nitrogens with one attached hydrogen (secondary N) is 2. The third kappa shape index (κ3) is 8.47. The summed E-state index contributed by atoms with van der Waals surface area (Å²) in [5, 5.41) is 6.74. The topological polar surface area (TPSA) is 66.0 Å². The minimum Gasteiger partial charge on any atom is -0.381 e. The van der Waals surface area contributed by atoms with Crippen molar-refractivity contribution >= 4 is 35.8 Å². The van der Waals surface area contributed by atoms with Gasteiger partial charge in [0.25, 0.3) is 0 Å². The summed E-state index contributed by atoms with van der Waals surface area (Å²) in [6.45, 7) is 7.60. The lowest BCUT2D eigenvalue weighted by molar-refractivity contribution is -0.127. The maximum atomic E-state index is 11.8. The van der Waals surface area contributed by atoms with Gasteiger partial charge in [-0.25, -0.2) is 4.99 Å². The minimum atomic E-state index is -0.0121. The molecule has 152 valence electrons. The molecule has 2 atom stereocenters. The number of halogens is 1. The first-order valence-corrected chi connectivity index (χ1v) is 9.32. The van der Waals surface area contributed by atoms with Gasteiger partial charge in [0.2, 0.25) is 5.91 Å². The van der Waals surface area contributed by atoms with Crippen LogP contribution in [0.25, 0.3) is 0 Å². The van der Waals surface area contributed by atoms with E-state index in [1.54, 1.807) is 19.0 Å². The highest BCUT2D eigenvalue weighted by Gasteiger charge is 2.16. The number of nitrogens with zero attached hydrogens (tertiary/aromatic N) is 2. The summed E-state index contributed by atoms with van der Waals surface area (Å²) in [6.07, 6.45) is 1.07. The van der Waals surface area contributed by atoms with Crippen LogP contribution in [-0.4, -0.2) is 63.7 Å². The second kappa shape index (κ2) is 12.2. The lowest BCUT2D eigenvalue weighted by Crippen LogP contribution is -2.42. The van der Waals surface area contributed by atoms with Crippen LogP contribution in [0.4, 0.5) is 0 Å². The molecule has 0 aliphatic carbocycles. The lowest BCUT2D eigenvalue weighted by atomic mass is 10.0. The Morgan fingerprint density at radius 2 is 2.00 bits per heavy atom. The van der Waals surface area contributed by atoms with E-state index in [0.29, 0.717) is 17.8 Å². The highest BCUT2D eigenvalue weighted by molar-refractivity contribution is 14.0. The molecule has 27 heavy (non-hydrogen) atoms. The maximum absolute atomic E-state index is 11.8. The maximum Gasteiger partial charge on any atom is 0.243 e. The number of aryl methyl sites for hydroxylation is 1. The molecule has 0 aromatic heterocycles. The van der Waals surface area contributed by atoms with E-state index in [4.69, 9.17) is 4.74 Å². The van der Waals surface area contributed by atoms with Crippen LogP contribution < -0.4 is 10.6 Å². The summed E-state index contributed by atoms with van der Waals surface area (Å²) in [4.78, 5) is 17.8. The number of rotatable bonds is 7. The van der Waals surface area contributed by atoms with Gasteiger partial charge >= 0.3 is 0 Å². The van der Waals surface area contributed by atoms with Crippen LogP contribution in [0.3, 0.4) is 0 Å². The fraction of sp³-hybridized carbons (Fsp3) is 0.600. The molecular weight excluding hydrogens is 455 g/mol. The number of aliphatic imine (C=N–C) groups is 1. The quantitative estimate of drug-likeness (QED) is 0.352. The normalized spacial score (nSPS) is 17.8. The zero-order chi connectivity index (χ0) is 18.9. The molecule has 1 aliphatic heterocycles. The Kier molecular flexibility index (Phi) is 10.7. The summed E-state index contributed by atoms with van der Waals surface area (Å²) in [6, 6.07) is 8.60. The SMILES string of the molecule is Cc1ccc(C(C)CNC(=NCC(=O)N(C)C)NCC2CCOC2)cc1.I. The molecule has 2 rings (SSSR count).